The molecular weight excluding hydrogens is 390 g/mol. The molecule has 0 fully saturated rings. The summed E-state index contributed by atoms with van der Waals surface area (Å²) in [5.74, 6) is -0.445. The van der Waals surface area contributed by atoms with Gasteiger partial charge in [-0.05, 0) is 42.7 Å². The summed E-state index contributed by atoms with van der Waals surface area (Å²) < 4.78 is 23.1. The van der Waals surface area contributed by atoms with E-state index in [-0.39, 0.29) is 22.8 Å². The average Bonchev–Trinajstić information content (AvgIpc) is 2.66. The Balaban J connectivity index is 2.02. The summed E-state index contributed by atoms with van der Waals surface area (Å²) in [5.41, 5.74) is 1.40. The van der Waals surface area contributed by atoms with E-state index in [9.17, 15) is 18.0 Å². The summed E-state index contributed by atoms with van der Waals surface area (Å²) >= 11 is 0. The zero-order valence-electron chi connectivity index (χ0n) is 17.0. The van der Waals surface area contributed by atoms with Crippen molar-refractivity contribution in [2.24, 2.45) is 5.92 Å². The molecule has 0 radical (unpaired) electrons. The van der Waals surface area contributed by atoms with Gasteiger partial charge in [0.05, 0.1) is 10.9 Å². The van der Waals surface area contributed by atoms with E-state index in [0.29, 0.717) is 5.69 Å². The molecule has 2 aromatic rings. The SMILES string of the molecule is CC(NC(=O)C(NC(=O)Nc1ccccc1)C(C)C)c1ccc(S(C)(=O)=O)cc1. The molecule has 0 aliphatic carbocycles. The first kappa shape index (κ1) is 22.4. The van der Waals surface area contributed by atoms with Crippen LogP contribution < -0.4 is 16.0 Å². The van der Waals surface area contributed by atoms with E-state index in [1.807, 2.05) is 19.9 Å². The van der Waals surface area contributed by atoms with Crippen LogP contribution in [0.25, 0.3) is 0 Å². The van der Waals surface area contributed by atoms with Crippen molar-refractivity contribution in [3.8, 4) is 0 Å². The zero-order chi connectivity index (χ0) is 21.6. The van der Waals surface area contributed by atoms with Crippen molar-refractivity contribution >= 4 is 27.5 Å². The van der Waals surface area contributed by atoms with Gasteiger partial charge in [0, 0.05) is 11.9 Å². The van der Waals surface area contributed by atoms with Gasteiger partial charge in [0.15, 0.2) is 9.84 Å². The first-order valence-corrected chi connectivity index (χ1v) is 11.2. The third kappa shape index (κ3) is 6.60. The van der Waals surface area contributed by atoms with E-state index < -0.39 is 21.9 Å². The maximum Gasteiger partial charge on any atom is 0.319 e. The Morgan fingerprint density at radius 1 is 0.862 bits per heavy atom. The number of carbonyl (C=O) groups excluding carboxylic acids is 2. The lowest BCUT2D eigenvalue weighted by atomic mass is 10.0. The van der Waals surface area contributed by atoms with Crippen molar-refractivity contribution in [3.05, 3.63) is 60.2 Å². The number of rotatable bonds is 7. The van der Waals surface area contributed by atoms with Crippen LogP contribution in [-0.2, 0) is 14.6 Å². The number of anilines is 1. The molecule has 0 aliphatic rings. The minimum absolute atomic E-state index is 0.128. The Bertz CT molecular complexity index is 942. The lowest BCUT2D eigenvalue weighted by Gasteiger charge is -2.24. The Kier molecular flexibility index (Phi) is 7.39. The van der Waals surface area contributed by atoms with Gasteiger partial charge in [-0.3, -0.25) is 4.79 Å². The number of benzene rings is 2. The lowest BCUT2D eigenvalue weighted by Crippen LogP contribution is -2.51. The monoisotopic (exact) mass is 417 g/mol. The third-order valence-electron chi connectivity index (χ3n) is 4.43. The number of carbonyl (C=O) groups is 2. The molecule has 3 amide bonds. The van der Waals surface area contributed by atoms with Crippen LogP contribution in [0.4, 0.5) is 10.5 Å². The van der Waals surface area contributed by atoms with Crippen LogP contribution in [-0.4, -0.2) is 32.7 Å². The number of amides is 3. The third-order valence-corrected chi connectivity index (χ3v) is 5.56. The van der Waals surface area contributed by atoms with E-state index >= 15 is 0 Å². The fourth-order valence-electron chi connectivity index (χ4n) is 2.76. The normalized spacial score (nSPS) is 13.4. The Hall–Kier alpha value is -2.87. The van der Waals surface area contributed by atoms with Gasteiger partial charge in [-0.25, -0.2) is 13.2 Å². The van der Waals surface area contributed by atoms with Gasteiger partial charge >= 0.3 is 6.03 Å². The quantitative estimate of drug-likeness (QED) is 0.644. The van der Waals surface area contributed by atoms with E-state index in [1.54, 1.807) is 43.3 Å². The second kappa shape index (κ2) is 9.56. The molecule has 2 aromatic carbocycles. The van der Waals surface area contributed by atoms with E-state index in [1.165, 1.54) is 12.1 Å². The first-order chi connectivity index (χ1) is 13.6. The summed E-state index contributed by atoms with van der Waals surface area (Å²) in [5, 5.41) is 8.28. The molecule has 0 saturated carbocycles. The maximum absolute atomic E-state index is 12.7. The number of urea groups is 1. The smallest absolute Gasteiger partial charge is 0.319 e. The molecule has 2 unspecified atom stereocenters. The predicted octanol–water partition coefficient (Wildman–Crippen LogP) is 3.11. The van der Waals surface area contributed by atoms with E-state index in [2.05, 4.69) is 16.0 Å². The minimum Gasteiger partial charge on any atom is -0.348 e. The summed E-state index contributed by atoms with van der Waals surface area (Å²) in [6.07, 6.45) is 1.15. The van der Waals surface area contributed by atoms with Gasteiger partial charge in [-0.1, -0.05) is 44.2 Å². The molecule has 3 N–H and O–H groups in total. The first-order valence-electron chi connectivity index (χ1n) is 9.31. The largest absolute Gasteiger partial charge is 0.348 e. The fourth-order valence-corrected chi connectivity index (χ4v) is 3.39. The van der Waals surface area contributed by atoms with Crippen molar-refractivity contribution in [1.82, 2.24) is 10.6 Å². The van der Waals surface area contributed by atoms with Gasteiger partial charge in [-0.2, -0.15) is 0 Å². The summed E-state index contributed by atoms with van der Waals surface area (Å²) in [4.78, 5) is 25.2. The maximum atomic E-state index is 12.7. The van der Waals surface area contributed by atoms with Crippen LogP contribution in [0, 0.1) is 5.92 Å². The van der Waals surface area contributed by atoms with Crippen molar-refractivity contribution in [2.75, 3.05) is 11.6 Å². The Morgan fingerprint density at radius 2 is 1.45 bits per heavy atom. The highest BCUT2D eigenvalue weighted by molar-refractivity contribution is 7.90. The summed E-state index contributed by atoms with van der Waals surface area (Å²) in [7, 11) is -3.27. The van der Waals surface area contributed by atoms with E-state index in [0.717, 1.165) is 11.8 Å². The van der Waals surface area contributed by atoms with Crippen molar-refractivity contribution in [1.29, 1.82) is 0 Å². The van der Waals surface area contributed by atoms with Crippen LogP contribution in [0.15, 0.2) is 59.5 Å². The molecular formula is C21H27N3O4S. The van der Waals surface area contributed by atoms with Gasteiger partial charge in [-0.15, -0.1) is 0 Å². The van der Waals surface area contributed by atoms with Crippen molar-refractivity contribution in [2.45, 2.75) is 37.8 Å². The number of hydrogen-bond acceptors (Lipinski definition) is 4. The molecule has 7 nitrogen and oxygen atoms in total. The second-order valence-corrected chi connectivity index (χ2v) is 9.27. The second-order valence-electron chi connectivity index (χ2n) is 7.26. The van der Waals surface area contributed by atoms with E-state index in [4.69, 9.17) is 0 Å². The van der Waals surface area contributed by atoms with Crippen LogP contribution >= 0.6 is 0 Å². The van der Waals surface area contributed by atoms with Gasteiger partial charge in [0.2, 0.25) is 5.91 Å². The standard InChI is InChI=1S/C21H27N3O4S/c1-14(2)19(24-21(26)23-17-8-6-5-7-9-17)20(25)22-15(3)16-10-12-18(13-11-16)29(4,27)28/h5-15,19H,1-4H3,(H,22,25)(H2,23,24,26). The Labute approximate surface area is 171 Å². The molecule has 0 heterocycles. The zero-order valence-corrected chi connectivity index (χ0v) is 17.8. The molecule has 0 aliphatic heterocycles. The van der Waals surface area contributed by atoms with Gasteiger partial charge < -0.3 is 16.0 Å². The molecule has 2 atom stereocenters. The minimum atomic E-state index is -3.27. The highest BCUT2D eigenvalue weighted by atomic mass is 32.2. The number of hydrogen-bond donors (Lipinski definition) is 3. The van der Waals surface area contributed by atoms with Crippen LogP contribution in [0.2, 0.25) is 0 Å². The number of nitrogens with one attached hydrogen (secondary N) is 3. The molecule has 29 heavy (non-hydrogen) atoms. The van der Waals surface area contributed by atoms with Crippen LogP contribution in [0.3, 0.4) is 0 Å². The molecule has 0 bridgehead atoms. The molecule has 0 aromatic heterocycles. The summed E-state index contributed by atoms with van der Waals surface area (Å²) in [6, 6.07) is 13.8. The van der Waals surface area contributed by atoms with Crippen molar-refractivity contribution < 1.29 is 18.0 Å². The lowest BCUT2D eigenvalue weighted by molar-refractivity contribution is -0.124. The molecule has 8 heteroatoms. The average molecular weight is 418 g/mol. The van der Waals surface area contributed by atoms with Crippen LogP contribution in [0.5, 0.6) is 0 Å². The molecule has 0 spiro atoms. The van der Waals surface area contributed by atoms with Crippen LogP contribution in [0.1, 0.15) is 32.4 Å². The van der Waals surface area contributed by atoms with Crippen molar-refractivity contribution in [3.63, 3.8) is 0 Å². The molecule has 2 rings (SSSR count). The Morgan fingerprint density at radius 3 is 1.97 bits per heavy atom. The number of para-hydroxylation sites is 1. The topological polar surface area (TPSA) is 104 Å². The molecule has 156 valence electrons. The predicted molar refractivity (Wildman–Crippen MR) is 113 cm³/mol. The van der Waals surface area contributed by atoms with Gasteiger partial charge in [0.25, 0.3) is 0 Å². The summed E-state index contributed by atoms with van der Waals surface area (Å²) in [6.45, 7) is 5.49. The highest BCUT2D eigenvalue weighted by Crippen LogP contribution is 2.17. The van der Waals surface area contributed by atoms with Gasteiger partial charge in [0.1, 0.15) is 6.04 Å². The number of sulfone groups is 1. The highest BCUT2D eigenvalue weighted by Gasteiger charge is 2.25. The molecule has 0 saturated heterocycles. The fraction of sp³-hybridized carbons (Fsp3) is 0.333.